The molecule has 1 aromatic heterocycles. The van der Waals surface area contributed by atoms with Gasteiger partial charge in [0.1, 0.15) is 5.01 Å². The van der Waals surface area contributed by atoms with Crippen LogP contribution in [0.25, 0.3) is 0 Å². The average molecular weight is 338 g/mol. The number of piperidine rings is 1. The minimum Gasteiger partial charge on any atom is -0.450 e. The third kappa shape index (κ3) is 4.43. The lowest BCUT2D eigenvalue weighted by atomic mass is 10.0. The Labute approximate surface area is 142 Å². The van der Waals surface area contributed by atoms with E-state index in [1.807, 2.05) is 23.4 Å². The van der Waals surface area contributed by atoms with Crippen LogP contribution >= 0.6 is 11.3 Å². The maximum Gasteiger partial charge on any atom is 0.409 e. The molecule has 7 heteroatoms. The number of likely N-dealkylation sites (tertiary alicyclic amines) is 1. The maximum atomic E-state index is 11.8. The van der Waals surface area contributed by atoms with Crippen molar-refractivity contribution < 1.29 is 9.53 Å². The second-order valence-electron chi connectivity index (χ2n) is 6.18. The molecule has 2 fully saturated rings. The Hall–Kier alpha value is -1.18. The van der Waals surface area contributed by atoms with Gasteiger partial charge in [-0.2, -0.15) is 0 Å². The lowest BCUT2D eigenvalue weighted by molar-refractivity contribution is 0.0412. The standard InChI is InChI=1S/C16H26N4O2S/c1-2-22-16(21)20-9-7-19(8-10-20)14-4-3-6-18(12-14)13-15-17-5-11-23-15/h5,11,14H,2-4,6-10,12-13H2,1H3. The number of carbonyl (C=O) groups excluding carboxylic acids is 1. The van der Waals surface area contributed by atoms with Crippen molar-refractivity contribution in [3.63, 3.8) is 0 Å². The van der Waals surface area contributed by atoms with Gasteiger partial charge in [-0.3, -0.25) is 9.80 Å². The molecule has 2 aliphatic heterocycles. The second-order valence-corrected chi connectivity index (χ2v) is 7.16. The van der Waals surface area contributed by atoms with Gasteiger partial charge in [0, 0.05) is 50.3 Å². The molecule has 0 N–H and O–H groups in total. The molecule has 0 saturated carbocycles. The Morgan fingerprint density at radius 1 is 1.35 bits per heavy atom. The second kappa shape index (κ2) is 8.08. The fourth-order valence-corrected chi connectivity index (χ4v) is 4.14. The van der Waals surface area contributed by atoms with Crippen molar-refractivity contribution in [3.05, 3.63) is 16.6 Å². The van der Waals surface area contributed by atoms with Crippen LogP contribution in [0.3, 0.4) is 0 Å². The summed E-state index contributed by atoms with van der Waals surface area (Å²) in [4.78, 5) is 23.1. The largest absolute Gasteiger partial charge is 0.450 e. The molecule has 2 aliphatic rings. The molecule has 0 aliphatic carbocycles. The predicted octanol–water partition coefficient (Wildman–Crippen LogP) is 1.88. The Bertz CT molecular complexity index is 488. The highest BCUT2D eigenvalue weighted by Crippen LogP contribution is 2.20. The van der Waals surface area contributed by atoms with Gasteiger partial charge in [-0.15, -0.1) is 11.3 Å². The first-order valence-electron chi connectivity index (χ1n) is 8.52. The fourth-order valence-electron chi connectivity index (χ4n) is 3.48. The van der Waals surface area contributed by atoms with Crippen LogP contribution in [0.2, 0.25) is 0 Å². The third-order valence-corrected chi connectivity index (χ3v) is 5.44. The molecule has 0 spiro atoms. The van der Waals surface area contributed by atoms with Crippen molar-refractivity contribution in [1.29, 1.82) is 0 Å². The highest BCUT2D eigenvalue weighted by atomic mass is 32.1. The SMILES string of the molecule is CCOC(=O)N1CCN(C2CCCN(Cc3nccs3)C2)CC1. The van der Waals surface area contributed by atoms with Crippen LogP contribution in [0.4, 0.5) is 4.79 Å². The van der Waals surface area contributed by atoms with Crippen molar-refractivity contribution in [3.8, 4) is 0 Å². The minimum absolute atomic E-state index is 0.166. The van der Waals surface area contributed by atoms with Crippen LogP contribution in [0, 0.1) is 0 Å². The van der Waals surface area contributed by atoms with E-state index in [0.29, 0.717) is 12.6 Å². The van der Waals surface area contributed by atoms with E-state index in [1.54, 1.807) is 11.3 Å². The van der Waals surface area contributed by atoms with Crippen molar-refractivity contribution >= 4 is 17.4 Å². The zero-order valence-corrected chi connectivity index (χ0v) is 14.6. The normalized spacial score (nSPS) is 23.9. The van der Waals surface area contributed by atoms with Crippen LogP contribution in [-0.2, 0) is 11.3 Å². The number of rotatable bonds is 4. The molecule has 0 radical (unpaired) electrons. The van der Waals surface area contributed by atoms with E-state index in [2.05, 4.69) is 14.8 Å². The Balaban J connectivity index is 1.47. The van der Waals surface area contributed by atoms with Crippen LogP contribution in [0.15, 0.2) is 11.6 Å². The maximum absolute atomic E-state index is 11.8. The monoisotopic (exact) mass is 338 g/mol. The predicted molar refractivity (Wildman–Crippen MR) is 90.6 cm³/mol. The Morgan fingerprint density at radius 3 is 2.87 bits per heavy atom. The Kier molecular flexibility index (Phi) is 5.85. The van der Waals surface area contributed by atoms with Gasteiger partial charge >= 0.3 is 6.09 Å². The number of piperazine rings is 1. The molecule has 0 aromatic carbocycles. The van der Waals surface area contributed by atoms with E-state index in [9.17, 15) is 4.79 Å². The van der Waals surface area contributed by atoms with Gasteiger partial charge in [0.05, 0.1) is 13.2 Å². The lowest BCUT2D eigenvalue weighted by Crippen LogP contribution is -2.55. The van der Waals surface area contributed by atoms with Crippen molar-refractivity contribution in [1.82, 2.24) is 19.7 Å². The first-order valence-corrected chi connectivity index (χ1v) is 9.40. The van der Waals surface area contributed by atoms with Crippen molar-refractivity contribution in [2.45, 2.75) is 32.4 Å². The molecular formula is C16H26N4O2S. The highest BCUT2D eigenvalue weighted by molar-refractivity contribution is 7.09. The van der Waals surface area contributed by atoms with Gasteiger partial charge in [-0.25, -0.2) is 9.78 Å². The number of ether oxygens (including phenoxy) is 1. The average Bonchev–Trinajstić information content (AvgIpc) is 3.08. The topological polar surface area (TPSA) is 48.9 Å². The number of aromatic nitrogens is 1. The number of nitrogens with zero attached hydrogens (tertiary/aromatic N) is 4. The van der Waals surface area contributed by atoms with E-state index in [1.165, 1.54) is 24.4 Å². The molecule has 1 aromatic rings. The summed E-state index contributed by atoms with van der Waals surface area (Å²) in [5, 5.41) is 3.25. The molecule has 0 bridgehead atoms. The molecular weight excluding hydrogens is 312 g/mol. The fraction of sp³-hybridized carbons (Fsp3) is 0.750. The summed E-state index contributed by atoms with van der Waals surface area (Å²) in [7, 11) is 0. The molecule has 1 atom stereocenters. The van der Waals surface area contributed by atoms with Gasteiger partial charge in [-0.1, -0.05) is 0 Å². The minimum atomic E-state index is -0.166. The van der Waals surface area contributed by atoms with Crippen LogP contribution < -0.4 is 0 Å². The van der Waals surface area contributed by atoms with E-state index >= 15 is 0 Å². The summed E-state index contributed by atoms with van der Waals surface area (Å²) in [5.41, 5.74) is 0. The number of hydrogen-bond acceptors (Lipinski definition) is 6. The number of hydrogen-bond donors (Lipinski definition) is 0. The zero-order chi connectivity index (χ0) is 16.1. The summed E-state index contributed by atoms with van der Waals surface area (Å²) in [5.74, 6) is 0. The van der Waals surface area contributed by atoms with Gasteiger partial charge in [0.15, 0.2) is 0 Å². The Morgan fingerprint density at radius 2 is 2.17 bits per heavy atom. The van der Waals surface area contributed by atoms with Gasteiger partial charge in [0.25, 0.3) is 0 Å². The van der Waals surface area contributed by atoms with Crippen LogP contribution in [0.1, 0.15) is 24.8 Å². The lowest BCUT2D eigenvalue weighted by Gasteiger charge is -2.43. The molecule has 2 saturated heterocycles. The first kappa shape index (κ1) is 16.7. The van der Waals surface area contributed by atoms with Crippen LogP contribution in [-0.4, -0.2) is 77.7 Å². The van der Waals surface area contributed by atoms with E-state index < -0.39 is 0 Å². The van der Waals surface area contributed by atoms with Gasteiger partial charge in [0.2, 0.25) is 0 Å². The first-order chi connectivity index (χ1) is 11.3. The molecule has 3 heterocycles. The van der Waals surface area contributed by atoms with Crippen molar-refractivity contribution in [2.24, 2.45) is 0 Å². The van der Waals surface area contributed by atoms with Crippen molar-refractivity contribution in [2.75, 3.05) is 45.9 Å². The zero-order valence-electron chi connectivity index (χ0n) is 13.8. The molecule has 128 valence electrons. The quantitative estimate of drug-likeness (QED) is 0.839. The molecule has 6 nitrogen and oxygen atoms in total. The summed E-state index contributed by atoms with van der Waals surface area (Å²) in [6, 6.07) is 0.605. The molecule has 1 unspecified atom stereocenters. The molecule has 1 amide bonds. The summed E-state index contributed by atoms with van der Waals surface area (Å²) in [6.07, 6.45) is 4.22. The molecule has 3 rings (SSSR count). The third-order valence-electron chi connectivity index (χ3n) is 4.68. The number of amides is 1. The number of carbonyl (C=O) groups is 1. The highest BCUT2D eigenvalue weighted by Gasteiger charge is 2.29. The summed E-state index contributed by atoms with van der Waals surface area (Å²) < 4.78 is 5.09. The smallest absolute Gasteiger partial charge is 0.409 e. The summed E-state index contributed by atoms with van der Waals surface area (Å²) in [6.45, 7) is 9.02. The van der Waals surface area contributed by atoms with E-state index in [4.69, 9.17) is 4.74 Å². The van der Waals surface area contributed by atoms with E-state index in [0.717, 1.165) is 39.3 Å². The van der Waals surface area contributed by atoms with Gasteiger partial charge < -0.3 is 9.64 Å². The van der Waals surface area contributed by atoms with Crippen LogP contribution in [0.5, 0.6) is 0 Å². The van der Waals surface area contributed by atoms with E-state index in [-0.39, 0.29) is 6.09 Å². The number of thiazole rings is 1. The molecule has 23 heavy (non-hydrogen) atoms. The summed E-state index contributed by atoms with van der Waals surface area (Å²) >= 11 is 1.74. The van der Waals surface area contributed by atoms with Gasteiger partial charge in [-0.05, 0) is 26.3 Å².